The Bertz CT molecular complexity index is 926. The summed E-state index contributed by atoms with van der Waals surface area (Å²) in [4.78, 5) is 8.68. The number of aromatic nitrogens is 1. The summed E-state index contributed by atoms with van der Waals surface area (Å²) < 4.78 is 10.6. The fourth-order valence-electron chi connectivity index (χ4n) is 2.72. The third-order valence-electron chi connectivity index (χ3n) is 4.06. The minimum atomic E-state index is 0. The van der Waals surface area contributed by atoms with Crippen molar-refractivity contribution in [1.29, 1.82) is 0 Å². The van der Waals surface area contributed by atoms with Gasteiger partial charge in [-0.25, -0.2) is 0 Å². The van der Waals surface area contributed by atoms with Crippen LogP contribution in [0, 0.1) is 0 Å². The monoisotopic (exact) mass is 478 g/mol. The molecule has 142 valence electrons. The van der Waals surface area contributed by atoms with Gasteiger partial charge in [-0.2, -0.15) is 0 Å². The van der Waals surface area contributed by atoms with Gasteiger partial charge in [-0.1, -0.05) is 18.2 Å². The Morgan fingerprint density at radius 3 is 2.56 bits per heavy atom. The van der Waals surface area contributed by atoms with E-state index in [2.05, 4.69) is 26.7 Å². The van der Waals surface area contributed by atoms with Crippen molar-refractivity contribution in [3.8, 4) is 11.5 Å². The van der Waals surface area contributed by atoms with Gasteiger partial charge in [-0.05, 0) is 29.8 Å². The van der Waals surface area contributed by atoms with Crippen LogP contribution in [0.3, 0.4) is 0 Å². The van der Waals surface area contributed by atoms with E-state index in [1.165, 1.54) is 0 Å². The van der Waals surface area contributed by atoms with E-state index >= 15 is 0 Å². The molecule has 0 atom stereocenters. The molecule has 0 radical (unpaired) electrons. The molecule has 3 rings (SSSR count). The lowest BCUT2D eigenvalue weighted by Crippen LogP contribution is -2.30. The molecule has 6 nitrogen and oxygen atoms in total. The van der Waals surface area contributed by atoms with Gasteiger partial charge < -0.3 is 20.1 Å². The number of rotatable bonds is 5. The molecular formula is C20H23IN4O2. The molecule has 27 heavy (non-hydrogen) atoms. The number of hydrogen-bond acceptors (Lipinski definition) is 4. The molecule has 0 saturated carbocycles. The Hall–Kier alpha value is -2.55. The number of nitrogens with one attached hydrogen (secondary N) is 2. The smallest absolute Gasteiger partial charge is 0.195 e. The Morgan fingerprint density at radius 2 is 1.81 bits per heavy atom. The SMILES string of the molecule is CN=C(NCc1ccnc2ccccc12)Nc1ccc(OC)c(OC)c1.I. The molecule has 2 aromatic carbocycles. The predicted octanol–water partition coefficient (Wildman–Crippen LogP) is 4.06. The number of aliphatic imine (C=N–C) groups is 1. The second kappa shape index (κ2) is 9.96. The Morgan fingerprint density at radius 1 is 1.04 bits per heavy atom. The first kappa shape index (κ1) is 20.8. The fourth-order valence-corrected chi connectivity index (χ4v) is 2.72. The summed E-state index contributed by atoms with van der Waals surface area (Å²) in [6.07, 6.45) is 1.82. The van der Waals surface area contributed by atoms with Gasteiger partial charge in [-0.3, -0.25) is 9.98 Å². The molecule has 0 saturated heterocycles. The third kappa shape index (κ3) is 5.00. The van der Waals surface area contributed by atoms with Crippen LogP contribution in [0.15, 0.2) is 59.7 Å². The number of benzene rings is 2. The Kier molecular flexibility index (Phi) is 7.66. The summed E-state index contributed by atoms with van der Waals surface area (Å²) in [6, 6.07) is 15.7. The average Bonchev–Trinajstić information content (AvgIpc) is 2.70. The van der Waals surface area contributed by atoms with Crippen LogP contribution in [0.2, 0.25) is 0 Å². The highest BCUT2D eigenvalue weighted by atomic mass is 127. The molecule has 0 aliphatic rings. The number of anilines is 1. The number of guanidine groups is 1. The van der Waals surface area contributed by atoms with Crippen molar-refractivity contribution in [3.05, 3.63) is 60.3 Å². The number of pyridine rings is 1. The number of methoxy groups -OCH3 is 2. The van der Waals surface area contributed by atoms with Crippen molar-refractivity contribution in [2.24, 2.45) is 4.99 Å². The van der Waals surface area contributed by atoms with Gasteiger partial charge in [-0.15, -0.1) is 24.0 Å². The second-order valence-electron chi connectivity index (χ2n) is 5.61. The molecule has 0 spiro atoms. The topological polar surface area (TPSA) is 67.8 Å². The zero-order valence-electron chi connectivity index (χ0n) is 15.5. The minimum Gasteiger partial charge on any atom is -0.493 e. The van der Waals surface area contributed by atoms with Crippen LogP contribution < -0.4 is 20.1 Å². The molecule has 0 amide bonds. The van der Waals surface area contributed by atoms with Gasteiger partial charge in [0.2, 0.25) is 0 Å². The molecule has 0 bridgehead atoms. The third-order valence-corrected chi connectivity index (χ3v) is 4.06. The molecule has 3 aromatic rings. The van der Waals surface area contributed by atoms with E-state index in [1.807, 2.05) is 48.7 Å². The number of fused-ring (bicyclic) bond motifs is 1. The molecule has 0 aliphatic heterocycles. The van der Waals surface area contributed by atoms with Crippen molar-refractivity contribution in [3.63, 3.8) is 0 Å². The maximum atomic E-state index is 5.34. The van der Waals surface area contributed by atoms with Gasteiger partial charge in [0.1, 0.15) is 0 Å². The lowest BCUT2D eigenvalue weighted by atomic mass is 10.1. The maximum Gasteiger partial charge on any atom is 0.195 e. The first-order valence-corrected chi connectivity index (χ1v) is 8.27. The van der Waals surface area contributed by atoms with Crippen molar-refractivity contribution in [2.75, 3.05) is 26.6 Å². The lowest BCUT2D eigenvalue weighted by Gasteiger charge is -2.14. The quantitative estimate of drug-likeness (QED) is 0.329. The maximum absolute atomic E-state index is 5.34. The number of hydrogen-bond donors (Lipinski definition) is 2. The highest BCUT2D eigenvalue weighted by Crippen LogP contribution is 2.29. The summed E-state index contributed by atoms with van der Waals surface area (Å²) >= 11 is 0. The molecule has 0 fully saturated rings. The predicted molar refractivity (Wildman–Crippen MR) is 121 cm³/mol. The number of nitrogens with zero attached hydrogens (tertiary/aromatic N) is 2. The van der Waals surface area contributed by atoms with Crippen LogP contribution in [0.25, 0.3) is 10.9 Å². The van der Waals surface area contributed by atoms with Crippen LogP contribution >= 0.6 is 24.0 Å². The van der Waals surface area contributed by atoms with Crippen LogP contribution in [0.1, 0.15) is 5.56 Å². The van der Waals surface area contributed by atoms with E-state index in [0.29, 0.717) is 24.0 Å². The largest absolute Gasteiger partial charge is 0.493 e. The molecule has 1 aromatic heterocycles. The summed E-state index contributed by atoms with van der Waals surface area (Å²) in [5, 5.41) is 7.72. The molecule has 0 unspecified atom stereocenters. The summed E-state index contributed by atoms with van der Waals surface area (Å²) in [6.45, 7) is 0.635. The summed E-state index contributed by atoms with van der Waals surface area (Å²) in [7, 11) is 4.97. The van der Waals surface area contributed by atoms with E-state index in [0.717, 1.165) is 22.2 Å². The second-order valence-corrected chi connectivity index (χ2v) is 5.61. The van der Waals surface area contributed by atoms with E-state index in [4.69, 9.17) is 9.47 Å². The number of ether oxygens (including phenoxy) is 2. The zero-order valence-corrected chi connectivity index (χ0v) is 17.9. The highest BCUT2D eigenvalue weighted by Gasteiger charge is 2.07. The first-order valence-electron chi connectivity index (χ1n) is 8.27. The standard InChI is InChI=1S/C20H22N4O2.HI/c1-21-20(24-15-8-9-18(25-2)19(12-15)26-3)23-13-14-10-11-22-17-7-5-4-6-16(14)17;/h4-12H,13H2,1-3H3,(H2,21,23,24);1H. The minimum absolute atomic E-state index is 0. The summed E-state index contributed by atoms with van der Waals surface area (Å²) in [5.41, 5.74) is 3.00. The van der Waals surface area contributed by atoms with E-state index < -0.39 is 0 Å². The highest BCUT2D eigenvalue weighted by molar-refractivity contribution is 14.0. The van der Waals surface area contributed by atoms with Gasteiger partial charge >= 0.3 is 0 Å². The average molecular weight is 478 g/mol. The van der Waals surface area contributed by atoms with E-state index in [-0.39, 0.29) is 24.0 Å². The number of para-hydroxylation sites is 1. The lowest BCUT2D eigenvalue weighted by molar-refractivity contribution is 0.355. The first-order chi connectivity index (χ1) is 12.7. The molecule has 7 heteroatoms. The van der Waals surface area contributed by atoms with Gasteiger partial charge in [0.15, 0.2) is 17.5 Å². The van der Waals surface area contributed by atoms with Gasteiger partial charge in [0.05, 0.1) is 19.7 Å². The van der Waals surface area contributed by atoms with Crippen LogP contribution in [0.5, 0.6) is 11.5 Å². The van der Waals surface area contributed by atoms with Crippen LogP contribution in [-0.2, 0) is 6.54 Å². The summed E-state index contributed by atoms with van der Waals surface area (Å²) in [5.74, 6) is 2.01. The van der Waals surface area contributed by atoms with Crippen molar-refractivity contribution < 1.29 is 9.47 Å². The van der Waals surface area contributed by atoms with E-state index in [1.54, 1.807) is 21.3 Å². The zero-order chi connectivity index (χ0) is 18.4. The van der Waals surface area contributed by atoms with Crippen molar-refractivity contribution in [2.45, 2.75) is 6.54 Å². The van der Waals surface area contributed by atoms with Crippen LogP contribution in [0.4, 0.5) is 5.69 Å². The molecular weight excluding hydrogens is 455 g/mol. The Balaban J connectivity index is 0.00000261. The van der Waals surface area contributed by atoms with Crippen molar-refractivity contribution in [1.82, 2.24) is 10.3 Å². The fraction of sp³-hybridized carbons (Fsp3) is 0.200. The van der Waals surface area contributed by atoms with Crippen LogP contribution in [-0.4, -0.2) is 32.2 Å². The normalized spacial score (nSPS) is 10.9. The number of halogens is 1. The molecule has 0 aliphatic carbocycles. The molecule has 2 N–H and O–H groups in total. The van der Waals surface area contributed by atoms with Crippen molar-refractivity contribution >= 4 is 46.5 Å². The molecule has 1 heterocycles. The van der Waals surface area contributed by atoms with E-state index in [9.17, 15) is 0 Å². The Labute approximate surface area is 176 Å². The van der Waals surface area contributed by atoms with Gasteiger partial charge in [0.25, 0.3) is 0 Å². The van der Waals surface area contributed by atoms with Gasteiger partial charge in [0, 0.05) is 36.9 Å².